The number of aromatic nitrogens is 4. The van der Waals surface area contributed by atoms with Gasteiger partial charge in [0.2, 0.25) is 0 Å². The van der Waals surface area contributed by atoms with Crippen LogP contribution in [-0.2, 0) is 13.1 Å². The van der Waals surface area contributed by atoms with Crippen molar-refractivity contribution < 1.29 is 4.74 Å². The van der Waals surface area contributed by atoms with Crippen LogP contribution >= 0.6 is 0 Å². The third-order valence-corrected chi connectivity index (χ3v) is 4.90. The van der Waals surface area contributed by atoms with Crippen LogP contribution in [0.25, 0.3) is 16.8 Å². The van der Waals surface area contributed by atoms with Gasteiger partial charge < -0.3 is 4.74 Å². The summed E-state index contributed by atoms with van der Waals surface area (Å²) in [4.78, 5) is 30.9. The van der Waals surface area contributed by atoms with E-state index >= 15 is 0 Å². The highest BCUT2D eigenvalue weighted by Crippen LogP contribution is 2.18. The molecule has 0 aliphatic carbocycles. The molecule has 28 heavy (non-hydrogen) atoms. The first-order chi connectivity index (χ1) is 13.6. The topological polar surface area (TPSA) is 70.5 Å². The van der Waals surface area contributed by atoms with E-state index in [9.17, 15) is 9.59 Å². The molecule has 0 saturated carbocycles. The quantitative estimate of drug-likeness (QED) is 0.517. The predicted octanol–water partition coefficient (Wildman–Crippen LogP) is 2.67. The lowest BCUT2D eigenvalue weighted by atomic mass is 10.2. The molecule has 7 heteroatoms. The molecule has 0 atom stereocenters. The Labute approximate surface area is 161 Å². The number of methoxy groups -OCH3 is 1. The Morgan fingerprint density at radius 2 is 1.86 bits per heavy atom. The molecule has 7 nitrogen and oxygen atoms in total. The van der Waals surface area contributed by atoms with E-state index in [2.05, 4.69) is 4.98 Å². The van der Waals surface area contributed by atoms with Gasteiger partial charge >= 0.3 is 5.69 Å². The first-order valence-electron chi connectivity index (χ1n) is 9.37. The molecule has 0 radical (unpaired) electrons. The summed E-state index contributed by atoms with van der Waals surface area (Å²) in [5.41, 5.74) is 1.70. The van der Waals surface area contributed by atoms with Gasteiger partial charge in [-0.25, -0.2) is 9.78 Å². The largest absolute Gasteiger partial charge is 0.497 e. The molecule has 0 aliphatic heterocycles. The molecule has 0 aliphatic rings. The molecule has 3 heterocycles. The second kappa shape index (κ2) is 7.34. The summed E-state index contributed by atoms with van der Waals surface area (Å²) in [5.74, 6) is 0.645. The minimum atomic E-state index is -0.329. The van der Waals surface area contributed by atoms with Crippen LogP contribution in [0.4, 0.5) is 0 Å². The summed E-state index contributed by atoms with van der Waals surface area (Å²) in [7, 11) is 1.58. The standard InChI is InChI=1S/C21H22N4O3/c1-3-4-11-24-20(26)18-19(22-17-13-16(28-2)10-12-23(17)18)25(21(24)27)14-15-8-6-5-7-9-15/h5-10,12-13H,3-4,11,14H2,1-2H3. The minimum Gasteiger partial charge on any atom is -0.497 e. The molecule has 0 fully saturated rings. The fourth-order valence-electron chi connectivity index (χ4n) is 3.40. The van der Waals surface area contributed by atoms with Crippen molar-refractivity contribution in [3.63, 3.8) is 0 Å². The zero-order valence-electron chi connectivity index (χ0n) is 16.0. The van der Waals surface area contributed by atoms with Crippen LogP contribution < -0.4 is 16.0 Å². The van der Waals surface area contributed by atoms with Crippen molar-refractivity contribution in [3.8, 4) is 5.75 Å². The fraction of sp³-hybridized carbons (Fsp3) is 0.286. The van der Waals surface area contributed by atoms with E-state index in [-0.39, 0.29) is 11.2 Å². The molecule has 1 aromatic carbocycles. The molecule has 0 N–H and O–H groups in total. The van der Waals surface area contributed by atoms with Crippen LogP contribution in [0.15, 0.2) is 58.3 Å². The lowest BCUT2D eigenvalue weighted by molar-refractivity contribution is 0.414. The average molecular weight is 378 g/mol. The van der Waals surface area contributed by atoms with Crippen LogP contribution in [0, 0.1) is 0 Å². The molecular weight excluding hydrogens is 356 g/mol. The summed E-state index contributed by atoms with van der Waals surface area (Å²) in [5, 5.41) is 0. The molecule has 0 bridgehead atoms. The van der Waals surface area contributed by atoms with Crippen molar-refractivity contribution >= 4 is 16.8 Å². The summed E-state index contributed by atoms with van der Waals surface area (Å²) in [6.07, 6.45) is 3.41. The zero-order valence-corrected chi connectivity index (χ0v) is 16.0. The Bertz CT molecular complexity index is 1250. The van der Waals surface area contributed by atoms with Gasteiger partial charge in [0.1, 0.15) is 11.4 Å². The maximum atomic E-state index is 13.2. The smallest absolute Gasteiger partial charge is 0.333 e. The van der Waals surface area contributed by atoms with Crippen LogP contribution in [0.5, 0.6) is 5.75 Å². The number of hydrogen-bond acceptors (Lipinski definition) is 4. The van der Waals surface area contributed by atoms with Crippen LogP contribution in [0.3, 0.4) is 0 Å². The van der Waals surface area contributed by atoms with E-state index in [1.165, 1.54) is 4.57 Å². The normalized spacial score (nSPS) is 11.4. The number of benzene rings is 1. The number of hydrogen-bond donors (Lipinski definition) is 0. The number of fused-ring (bicyclic) bond motifs is 3. The van der Waals surface area contributed by atoms with Crippen molar-refractivity contribution in [3.05, 3.63) is 75.1 Å². The van der Waals surface area contributed by atoms with Gasteiger partial charge in [0, 0.05) is 18.8 Å². The summed E-state index contributed by atoms with van der Waals surface area (Å²) >= 11 is 0. The average Bonchev–Trinajstić information content (AvgIpc) is 3.10. The first-order valence-corrected chi connectivity index (χ1v) is 9.37. The van der Waals surface area contributed by atoms with E-state index in [0.29, 0.717) is 35.7 Å². The van der Waals surface area contributed by atoms with Gasteiger partial charge in [-0.2, -0.15) is 0 Å². The van der Waals surface area contributed by atoms with E-state index in [1.807, 2.05) is 37.3 Å². The number of ether oxygens (including phenoxy) is 1. The van der Waals surface area contributed by atoms with Crippen molar-refractivity contribution in [1.82, 2.24) is 18.5 Å². The van der Waals surface area contributed by atoms with Gasteiger partial charge in [-0.15, -0.1) is 0 Å². The molecule has 4 rings (SSSR count). The van der Waals surface area contributed by atoms with Crippen LogP contribution in [-0.4, -0.2) is 25.6 Å². The highest BCUT2D eigenvalue weighted by Gasteiger charge is 2.19. The Balaban J connectivity index is 2.04. The van der Waals surface area contributed by atoms with E-state index in [1.54, 1.807) is 34.4 Å². The lowest BCUT2D eigenvalue weighted by Crippen LogP contribution is -2.40. The molecule has 0 unspecified atom stereocenters. The number of rotatable bonds is 6. The maximum Gasteiger partial charge on any atom is 0.333 e. The third kappa shape index (κ3) is 2.98. The van der Waals surface area contributed by atoms with Crippen LogP contribution in [0.1, 0.15) is 25.3 Å². The van der Waals surface area contributed by atoms with Gasteiger partial charge in [0.25, 0.3) is 5.56 Å². The Hall–Kier alpha value is -3.35. The maximum absolute atomic E-state index is 13.2. The number of pyridine rings is 1. The Morgan fingerprint density at radius 1 is 1.07 bits per heavy atom. The number of unbranched alkanes of at least 4 members (excludes halogenated alkanes) is 1. The number of nitrogens with zero attached hydrogens (tertiary/aromatic N) is 4. The molecule has 144 valence electrons. The molecule has 3 aromatic heterocycles. The molecule has 0 saturated heterocycles. The van der Waals surface area contributed by atoms with Gasteiger partial charge in [-0.3, -0.25) is 18.3 Å². The monoisotopic (exact) mass is 378 g/mol. The second-order valence-corrected chi connectivity index (χ2v) is 6.74. The van der Waals surface area contributed by atoms with E-state index in [0.717, 1.165) is 18.4 Å². The molecule has 0 spiro atoms. The highest BCUT2D eigenvalue weighted by molar-refractivity contribution is 5.77. The Kier molecular flexibility index (Phi) is 4.73. The second-order valence-electron chi connectivity index (χ2n) is 6.74. The zero-order chi connectivity index (χ0) is 19.7. The fourth-order valence-corrected chi connectivity index (χ4v) is 3.40. The SMILES string of the molecule is CCCCn1c(=O)c2c(nc3cc(OC)ccn32)n(Cc2ccccc2)c1=O. The van der Waals surface area contributed by atoms with Gasteiger partial charge in [0.15, 0.2) is 11.2 Å². The van der Waals surface area contributed by atoms with Crippen LogP contribution in [0.2, 0.25) is 0 Å². The summed E-state index contributed by atoms with van der Waals surface area (Å²) < 4.78 is 9.91. The predicted molar refractivity (Wildman–Crippen MR) is 108 cm³/mol. The van der Waals surface area contributed by atoms with Crippen molar-refractivity contribution in [2.45, 2.75) is 32.9 Å². The summed E-state index contributed by atoms with van der Waals surface area (Å²) in [6.45, 7) is 2.78. The lowest BCUT2D eigenvalue weighted by Gasteiger charge is -2.11. The molecule has 0 amide bonds. The Morgan fingerprint density at radius 3 is 2.57 bits per heavy atom. The van der Waals surface area contributed by atoms with Crippen molar-refractivity contribution in [2.75, 3.05) is 7.11 Å². The third-order valence-electron chi connectivity index (χ3n) is 4.90. The van der Waals surface area contributed by atoms with E-state index in [4.69, 9.17) is 4.74 Å². The van der Waals surface area contributed by atoms with Crippen molar-refractivity contribution in [2.24, 2.45) is 0 Å². The van der Waals surface area contributed by atoms with Gasteiger partial charge in [0.05, 0.1) is 13.7 Å². The minimum absolute atomic E-state index is 0.310. The molecule has 4 aromatic rings. The number of imidazole rings is 1. The van der Waals surface area contributed by atoms with E-state index < -0.39 is 0 Å². The van der Waals surface area contributed by atoms with Gasteiger partial charge in [-0.05, 0) is 18.1 Å². The molecular formula is C21H22N4O3. The highest BCUT2D eigenvalue weighted by atomic mass is 16.5. The van der Waals surface area contributed by atoms with Crippen molar-refractivity contribution in [1.29, 1.82) is 0 Å². The summed E-state index contributed by atoms with van der Waals surface area (Å²) in [6, 6.07) is 13.2. The first kappa shape index (κ1) is 18.0. The van der Waals surface area contributed by atoms with Gasteiger partial charge in [-0.1, -0.05) is 43.7 Å².